The van der Waals surface area contributed by atoms with Gasteiger partial charge in [-0.1, -0.05) is 24.5 Å². The van der Waals surface area contributed by atoms with Crippen molar-refractivity contribution in [3.63, 3.8) is 0 Å². The monoisotopic (exact) mass is 160 g/mol. The lowest BCUT2D eigenvalue weighted by atomic mass is 10.3. The molecule has 60 valence electrons. The molecular formula is C8H16OS. The number of hydrogen-bond donors (Lipinski definition) is 0. The highest BCUT2D eigenvalue weighted by molar-refractivity contribution is 7.92. The van der Waals surface area contributed by atoms with E-state index in [1.165, 1.54) is 32.1 Å². The Morgan fingerprint density at radius 1 is 1.40 bits per heavy atom. The maximum atomic E-state index is 11.2. The third-order valence-electron chi connectivity index (χ3n) is 1.85. The summed E-state index contributed by atoms with van der Waals surface area (Å²) in [5.41, 5.74) is 0. The molecule has 0 aromatic carbocycles. The molecule has 10 heavy (non-hydrogen) atoms. The summed E-state index contributed by atoms with van der Waals surface area (Å²) in [7, 11) is 0. The van der Waals surface area contributed by atoms with Crippen LogP contribution in [-0.4, -0.2) is 15.6 Å². The van der Waals surface area contributed by atoms with Gasteiger partial charge in [0.1, 0.15) is 11.0 Å². The first-order valence-electron chi connectivity index (χ1n) is 4.21. The van der Waals surface area contributed by atoms with E-state index in [2.05, 4.69) is 6.92 Å². The molecule has 1 atom stereocenters. The predicted molar refractivity (Wildman–Crippen MR) is 45.6 cm³/mol. The fraction of sp³-hybridized carbons (Fsp3) is 1.00. The lowest BCUT2D eigenvalue weighted by Gasteiger charge is -2.08. The minimum Gasteiger partial charge on any atom is -0.616 e. The second-order valence-electron chi connectivity index (χ2n) is 2.99. The third-order valence-corrected chi connectivity index (χ3v) is 3.75. The molecule has 0 spiro atoms. The average Bonchev–Trinajstić information content (AvgIpc) is 2.69. The van der Waals surface area contributed by atoms with Gasteiger partial charge >= 0.3 is 0 Å². The summed E-state index contributed by atoms with van der Waals surface area (Å²) in [6, 6.07) is 0. The molecule has 0 saturated heterocycles. The zero-order valence-corrected chi connectivity index (χ0v) is 7.45. The van der Waals surface area contributed by atoms with Crippen LogP contribution in [0, 0.1) is 0 Å². The largest absolute Gasteiger partial charge is 0.616 e. The molecule has 0 amide bonds. The van der Waals surface area contributed by atoms with Gasteiger partial charge in [0.2, 0.25) is 0 Å². The van der Waals surface area contributed by atoms with E-state index in [-0.39, 0.29) is 0 Å². The Morgan fingerprint density at radius 2 is 2.10 bits per heavy atom. The van der Waals surface area contributed by atoms with Crippen molar-refractivity contribution in [3.05, 3.63) is 0 Å². The van der Waals surface area contributed by atoms with E-state index < -0.39 is 11.2 Å². The highest BCUT2D eigenvalue weighted by Gasteiger charge is 2.33. The van der Waals surface area contributed by atoms with Crippen LogP contribution >= 0.6 is 0 Å². The zero-order chi connectivity index (χ0) is 7.40. The summed E-state index contributed by atoms with van der Waals surface area (Å²) in [5, 5.41) is 0.594. The first-order chi connectivity index (χ1) is 4.84. The highest BCUT2D eigenvalue weighted by atomic mass is 32.2. The molecule has 1 rings (SSSR count). The van der Waals surface area contributed by atoms with Gasteiger partial charge in [-0.25, -0.2) is 0 Å². The molecule has 0 N–H and O–H groups in total. The Morgan fingerprint density at radius 3 is 2.60 bits per heavy atom. The quantitative estimate of drug-likeness (QED) is 0.446. The Balaban J connectivity index is 1.90. The fourth-order valence-corrected chi connectivity index (χ4v) is 2.48. The normalized spacial score (nSPS) is 21.0. The van der Waals surface area contributed by atoms with Crippen molar-refractivity contribution in [3.8, 4) is 0 Å². The maximum absolute atomic E-state index is 11.2. The Bertz CT molecular complexity index is 91.3. The van der Waals surface area contributed by atoms with Crippen molar-refractivity contribution in [2.45, 2.75) is 44.3 Å². The van der Waals surface area contributed by atoms with Crippen molar-refractivity contribution >= 4 is 11.2 Å². The van der Waals surface area contributed by atoms with Crippen molar-refractivity contribution in [2.24, 2.45) is 0 Å². The van der Waals surface area contributed by atoms with Crippen molar-refractivity contribution in [2.75, 3.05) is 5.75 Å². The van der Waals surface area contributed by atoms with Crippen LogP contribution in [-0.2, 0) is 11.2 Å². The van der Waals surface area contributed by atoms with Gasteiger partial charge in [-0.2, -0.15) is 0 Å². The van der Waals surface area contributed by atoms with Crippen LogP contribution in [0.25, 0.3) is 0 Å². The number of rotatable bonds is 5. The topological polar surface area (TPSA) is 23.1 Å². The van der Waals surface area contributed by atoms with Crippen LogP contribution in [0.5, 0.6) is 0 Å². The molecule has 1 nitrogen and oxygen atoms in total. The van der Waals surface area contributed by atoms with E-state index in [1.54, 1.807) is 0 Å². The van der Waals surface area contributed by atoms with Gasteiger partial charge < -0.3 is 4.55 Å². The summed E-state index contributed by atoms with van der Waals surface area (Å²) in [6.45, 7) is 2.18. The number of unbranched alkanes of at least 4 members (excludes halogenated alkanes) is 2. The molecule has 0 aliphatic heterocycles. The summed E-state index contributed by atoms with van der Waals surface area (Å²) in [4.78, 5) is 0. The second kappa shape index (κ2) is 4.24. The van der Waals surface area contributed by atoms with E-state index in [9.17, 15) is 4.55 Å². The van der Waals surface area contributed by atoms with Gasteiger partial charge in [0.05, 0.1) is 0 Å². The molecule has 0 bridgehead atoms. The summed E-state index contributed by atoms with van der Waals surface area (Å²) in [5.74, 6) is 0.957. The van der Waals surface area contributed by atoms with Gasteiger partial charge in [0, 0.05) is 0 Å². The van der Waals surface area contributed by atoms with Crippen LogP contribution in [0.3, 0.4) is 0 Å². The fourth-order valence-electron chi connectivity index (χ4n) is 0.992. The molecule has 0 aromatic heterocycles. The predicted octanol–water partition coefficient (Wildman–Crippen LogP) is 2.09. The molecule has 1 aliphatic rings. The maximum Gasteiger partial charge on any atom is 0.116 e. The summed E-state index contributed by atoms with van der Waals surface area (Å²) >= 11 is -0.462. The van der Waals surface area contributed by atoms with Gasteiger partial charge in [0.15, 0.2) is 0 Å². The molecule has 1 aliphatic carbocycles. The van der Waals surface area contributed by atoms with Crippen LogP contribution in [0.2, 0.25) is 0 Å². The SMILES string of the molecule is CCCCC[S+]([O-])C1CC1. The molecule has 0 aromatic rings. The van der Waals surface area contributed by atoms with Gasteiger partial charge in [-0.15, -0.1) is 0 Å². The third kappa shape index (κ3) is 2.93. The Kier molecular flexibility index (Phi) is 3.57. The smallest absolute Gasteiger partial charge is 0.116 e. The first kappa shape index (κ1) is 8.41. The zero-order valence-electron chi connectivity index (χ0n) is 6.64. The minimum absolute atomic E-state index is 0.462. The molecule has 2 heteroatoms. The highest BCUT2D eigenvalue weighted by Crippen LogP contribution is 2.29. The molecule has 0 radical (unpaired) electrons. The number of hydrogen-bond acceptors (Lipinski definition) is 1. The minimum atomic E-state index is -0.462. The van der Waals surface area contributed by atoms with Crippen molar-refractivity contribution in [1.82, 2.24) is 0 Å². The van der Waals surface area contributed by atoms with E-state index in [1.807, 2.05) is 0 Å². The first-order valence-corrected chi connectivity index (χ1v) is 5.60. The lowest BCUT2D eigenvalue weighted by molar-refractivity contribution is 0.588. The standard InChI is InChI=1S/C8H16OS/c1-2-3-4-7-10(9)8-5-6-8/h8H,2-7H2,1H3. The van der Waals surface area contributed by atoms with Crippen LogP contribution in [0.15, 0.2) is 0 Å². The van der Waals surface area contributed by atoms with E-state index in [4.69, 9.17) is 0 Å². The second-order valence-corrected chi connectivity index (χ2v) is 4.83. The van der Waals surface area contributed by atoms with Crippen LogP contribution < -0.4 is 0 Å². The van der Waals surface area contributed by atoms with E-state index >= 15 is 0 Å². The Hall–Kier alpha value is 0.310. The van der Waals surface area contributed by atoms with Gasteiger partial charge in [-0.05, 0) is 25.7 Å². The van der Waals surface area contributed by atoms with E-state index in [0.29, 0.717) is 5.25 Å². The molecule has 1 fully saturated rings. The summed E-state index contributed by atoms with van der Waals surface area (Å²) in [6.07, 6.45) is 6.09. The average molecular weight is 160 g/mol. The van der Waals surface area contributed by atoms with Crippen LogP contribution in [0.4, 0.5) is 0 Å². The van der Waals surface area contributed by atoms with Crippen LogP contribution in [0.1, 0.15) is 39.0 Å². The molecule has 1 unspecified atom stereocenters. The van der Waals surface area contributed by atoms with Gasteiger partial charge in [-0.3, -0.25) is 0 Å². The van der Waals surface area contributed by atoms with Gasteiger partial charge in [0.25, 0.3) is 0 Å². The Labute approximate surface area is 66.4 Å². The molecular weight excluding hydrogens is 144 g/mol. The van der Waals surface area contributed by atoms with Crippen molar-refractivity contribution in [1.29, 1.82) is 0 Å². The van der Waals surface area contributed by atoms with E-state index in [0.717, 1.165) is 5.75 Å². The molecule has 0 heterocycles. The lowest BCUT2D eigenvalue weighted by Crippen LogP contribution is -2.11. The van der Waals surface area contributed by atoms with Crippen molar-refractivity contribution < 1.29 is 4.55 Å². The summed E-state index contributed by atoms with van der Waals surface area (Å²) < 4.78 is 11.2. The molecule has 1 saturated carbocycles.